The number of amides is 1. The molecule has 4 heteroatoms. The summed E-state index contributed by atoms with van der Waals surface area (Å²) in [6.45, 7) is 4.31. The van der Waals surface area contributed by atoms with E-state index in [9.17, 15) is 15.0 Å². The van der Waals surface area contributed by atoms with Crippen LogP contribution in [0.1, 0.15) is 322 Å². The Kier molecular flexibility index (Phi) is 59.2. The van der Waals surface area contributed by atoms with E-state index in [4.69, 9.17) is 0 Å². The zero-order chi connectivity index (χ0) is 50.6. The Morgan fingerprint density at radius 3 is 0.929 bits per heavy atom. The van der Waals surface area contributed by atoms with Crippen LogP contribution in [0.5, 0.6) is 0 Å². The molecule has 0 heterocycles. The Morgan fingerprint density at radius 2 is 0.600 bits per heavy atom. The number of allylic oxidation sites excluding steroid dienone is 11. The third kappa shape index (κ3) is 56.7. The number of aliphatic hydroxyl groups excluding tert-OH is 2. The number of nitrogens with one attached hydrogen (secondary N) is 1. The predicted molar refractivity (Wildman–Crippen MR) is 313 cm³/mol. The molecule has 0 aliphatic carbocycles. The lowest BCUT2D eigenvalue weighted by Crippen LogP contribution is -2.45. The van der Waals surface area contributed by atoms with E-state index in [0.29, 0.717) is 6.42 Å². The number of rotatable bonds is 57. The van der Waals surface area contributed by atoms with E-state index in [1.165, 1.54) is 250 Å². The van der Waals surface area contributed by atoms with Gasteiger partial charge in [-0.1, -0.05) is 305 Å². The van der Waals surface area contributed by atoms with E-state index >= 15 is 0 Å². The van der Waals surface area contributed by atoms with Crippen LogP contribution < -0.4 is 5.32 Å². The first-order valence-electron chi connectivity index (χ1n) is 31.2. The van der Waals surface area contributed by atoms with Crippen molar-refractivity contribution < 1.29 is 15.0 Å². The van der Waals surface area contributed by atoms with Crippen LogP contribution in [0, 0.1) is 0 Å². The summed E-state index contributed by atoms with van der Waals surface area (Å²) in [4.78, 5) is 12.5. The van der Waals surface area contributed by atoms with Gasteiger partial charge in [0.05, 0.1) is 18.8 Å². The molecule has 0 aliphatic heterocycles. The van der Waals surface area contributed by atoms with Crippen LogP contribution in [0.15, 0.2) is 72.9 Å². The lowest BCUT2D eigenvalue weighted by atomic mass is 10.0. The molecule has 0 aliphatic rings. The summed E-state index contributed by atoms with van der Waals surface area (Å²) >= 11 is 0. The Labute approximate surface area is 438 Å². The summed E-state index contributed by atoms with van der Waals surface area (Å²) in [5.74, 6) is -0.0751. The van der Waals surface area contributed by atoms with Gasteiger partial charge in [0.25, 0.3) is 0 Å². The summed E-state index contributed by atoms with van der Waals surface area (Å²) in [6, 6.07) is -0.649. The van der Waals surface area contributed by atoms with Crippen molar-refractivity contribution in [1.29, 1.82) is 0 Å². The highest BCUT2D eigenvalue weighted by Crippen LogP contribution is 2.17. The molecule has 0 radical (unpaired) electrons. The van der Waals surface area contributed by atoms with Crippen LogP contribution in [-0.4, -0.2) is 34.9 Å². The quantitative estimate of drug-likeness (QED) is 0.0420. The Balaban J connectivity index is 3.52. The number of unbranched alkanes of at least 4 members (excludes halogenated alkanes) is 40. The highest BCUT2D eigenvalue weighted by Gasteiger charge is 2.18. The predicted octanol–water partition coefficient (Wildman–Crippen LogP) is 20.9. The number of carbonyl (C=O) groups is 1. The van der Waals surface area contributed by atoms with Gasteiger partial charge in [-0.2, -0.15) is 0 Å². The highest BCUT2D eigenvalue weighted by molar-refractivity contribution is 5.76. The normalized spacial score (nSPS) is 13.3. The van der Waals surface area contributed by atoms with E-state index in [-0.39, 0.29) is 12.5 Å². The summed E-state index contributed by atoms with van der Waals surface area (Å²) in [7, 11) is 0. The second kappa shape index (κ2) is 61.1. The molecule has 2 atom stereocenters. The average molecular weight is 977 g/mol. The molecule has 408 valence electrons. The van der Waals surface area contributed by atoms with Crippen molar-refractivity contribution in [1.82, 2.24) is 5.32 Å². The van der Waals surface area contributed by atoms with Gasteiger partial charge in [0.2, 0.25) is 5.91 Å². The fourth-order valence-electron chi connectivity index (χ4n) is 9.40. The van der Waals surface area contributed by atoms with E-state index in [2.05, 4.69) is 79.9 Å². The largest absolute Gasteiger partial charge is 0.394 e. The summed E-state index contributed by atoms with van der Waals surface area (Å²) in [5, 5.41) is 23.2. The van der Waals surface area contributed by atoms with E-state index in [0.717, 1.165) is 51.4 Å². The minimum Gasteiger partial charge on any atom is -0.394 e. The van der Waals surface area contributed by atoms with Crippen LogP contribution in [-0.2, 0) is 4.79 Å². The topological polar surface area (TPSA) is 69.6 Å². The molecular weight excluding hydrogens is 855 g/mol. The van der Waals surface area contributed by atoms with E-state index < -0.39 is 12.1 Å². The van der Waals surface area contributed by atoms with E-state index in [1.54, 1.807) is 6.08 Å². The van der Waals surface area contributed by atoms with Crippen LogP contribution >= 0.6 is 0 Å². The summed E-state index contributed by atoms with van der Waals surface area (Å²) < 4.78 is 0. The van der Waals surface area contributed by atoms with Crippen LogP contribution in [0.4, 0.5) is 0 Å². The molecule has 0 spiro atoms. The smallest absolute Gasteiger partial charge is 0.220 e. The van der Waals surface area contributed by atoms with Gasteiger partial charge in [-0.3, -0.25) is 4.79 Å². The second-order valence-corrected chi connectivity index (χ2v) is 21.1. The maximum Gasteiger partial charge on any atom is 0.220 e. The molecule has 0 fully saturated rings. The molecular formula is C66H121NO3. The maximum absolute atomic E-state index is 12.5. The van der Waals surface area contributed by atoms with Crippen LogP contribution in [0.25, 0.3) is 0 Å². The summed E-state index contributed by atoms with van der Waals surface area (Å²) in [5.41, 5.74) is 0. The van der Waals surface area contributed by atoms with Crippen molar-refractivity contribution in [2.75, 3.05) is 6.61 Å². The molecule has 1 amide bonds. The third-order valence-electron chi connectivity index (χ3n) is 14.1. The third-order valence-corrected chi connectivity index (χ3v) is 14.1. The fourth-order valence-corrected chi connectivity index (χ4v) is 9.40. The molecule has 4 nitrogen and oxygen atoms in total. The standard InChI is InChI=1S/C66H121NO3/c1-3-5-7-9-11-13-15-17-19-21-23-25-27-29-30-31-32-33-34-35-36-38-40-42-44-46-48-50-52-54-56-58-60-62-66(70)67-64(63-68)65(69)61-59-57-55-53-51-49-47-45-43-41-39-37-28-26-24-22-20-18-16-14-12-10-8-6-4-2/h15,17,21,23,27,29,43,45,51,53,59,61,64-65,68-69H,3-14,16,18-20,22,24-26,28,30-42,44,46-50,52,54-58,60,62-63H2,1-2H3,(H,67,70)/b17-15-,23-21-,29-27-,45-43+,53-51+,61-59+. The number of hydrogen-bond acceptors (Lipinski definition) is 3. The number of hydrogen-bond donors (Lipinski definition) is 3. The van der Waals surface area contributed by atoms with Crippen LogP contribution in [0.3, 0.4) is 0 Å². The lowest BCUT2D eigenvalue weighted by Gasteiger charge is -2.19. The minimum absolute atomic E-state index is 0.0751. The van der Waals surface area contributed by atoms with Gasteiger partial charge in [-0.15, -0.1) is 0 Å². The summed E-state index contributed by atoms with van der Waals surface area (Å²) in [6.07, 6.45) is 88.1. The van der Waals surface area contributed by atoms with Crippen molar-refractivity contribution in [2.45, 2.75) is 334 Å². The highest BCUT2D eigenvalue weighted by atomic mass is 16.3. The molecule has 0 saturated carbocycles. The van der Waals surface area contributed by atoms with E-state index in [1.807, 2.05) is 6.08 Å². The number of aliphatic hydroxyl groups is 2. The Bertz CT molecular complexity index is 1200. The molecule has 0 rings (SSSR count). The molecule has 2 unspecified atom stereocenters. The van der Waals surface area contributed by atoms with Crippen molar-refractivity contribution in [3.05, 3.63) is 72.9 Å². The van der Waals surface area contributed by atoms with Gasteiger partial charge >= 0.3 is 0 Å². The van der Waals surface area contributed by atoms with Gasteiger partial charge in [0, 0.05) is 6.42 Å². The molecule has 0 aromatic rings. The fraction of sp³-hybridized carbons (Fsp3) is 0.803. The van der Waals surface area contributed by atoms with Crippen molar-refractivity contribution >= 4 is 5.91 Å². The van der Waals surface area contributed by atoms with Gasteiger partial charge < -0.3 is 15.5 Å². The molecule has 0 aromatic carbocycles. The first kappa shape index (κ1) is 67.8. The maximum atomic E-state index is 12.5. The SMILES string of the molecule is CCCCCCC/C=C\C/C=C\C/C=C\CCCCCCCCCCCCCCCCCCCCC(=O)NC(CO)C(O)/C=C/CC/C=C/CC/C=C/CCCCCCCCCCCCCCCCC. The molecule has 0 saturated heterocycles. The number of carbonyl (C=O) groups excluding carboxylic acids is 1. The molecule has 70 heavy (non-hydrogen) atoms. The van der Waals surface area contributed by atoms with Gasteiger partial charge in [0.1, 0.15) is 0 Å². The van der Waals surface area contributed by atoms with Crippen LogP contribution in [0.2, 0.25) is 0 Å². The molecule has 0 aromatic heterocycles. The Hall–Kier alpha value is -2.17. The zero-order valence-electron chi connectivity index (χ0n) is 47.0. The molecule has 0 bridgehead atoms. The monoisotopic (exact) mass is 976 g/mol. The molecule has 3 N–H and O–H groups in total. The minimum atomic E-state index is -0.873. The van der Waals surface area contributed by atoms with Crippen molar-refractivity contribution in [3.63, 3.8) is 0 Å². The second-order valence-electron chi connectivity index (χ2n) is 21.1. The zero-order valence-corrected chi connectivity index (χ0v) is 47.0. The first-order valence-corrected chi connectivity index (χ1v) is 31.2. The lowest BCUT2D eigenvalue weighted by molar-refractivity contribution is -0.123. The first-order chi connectivity index (χ1) is 34.7. The Morgan fingerprint density at radius 1 is 0.343 bits per heavy atom. The van der Waals surface area contributed by atoms with Crippen molar-refractivity contribution in [2.24, 2.45) is 0 Å². The van der Waals surface area contributed by atoms with Gasteiger partial charge in [-0.05, 0) is 83.5 Å². The van der Waals surface area contributed by atoms with Crippen molar-refractivity contribution in [3.8, 4) is 0 Å². The van der Waals surface area contributed by atoms with Gasteiger partial charge in [-0.25, -0.2) is 0 Å². The average Bonchev–Trinajstić information content (AvgIpc) is 3.36. The van der Waals surface area contributed by atoms with Gasteiger partial charge in [0.15, 0.2) is 0 Å².